The van der Waals surface area contributed by atoms with Crippen molar-refractivity contribution in [2.45, 2.75) is 57.3 Å². The number of nitrogens with zero attached hydrogens (tertiary/aromatic N) is 1. The van der Waals surface area contributed by atoms with Crippen molar-refractivity contribution < 1.29 is 0 Å². The maximum Gasteiger partial charge on any atom is 0.102 e. The first-order chi connectivity index (χ1) is 8.94. The van der Waals surface area contributed by atoms with E-state index in [1.165, 1.54) is 36.8 Å². The van der Waals surface area contributed by atoms with Crippen LogP contribution in [0.4, 0.5) is 5.69 Å². The van der Waals surface area contributed by atoms with Gasteiger partial charge in [0.15, 0.2) is 0 Å². The number of nitrogen functional groups attached to an aromatic ring is 1. The lowest BCUT2D eigenvalue weighted by Crippen LogP contribution is -2.37. The zero-order valence-corrected chi connectivity index (χ0v) is 12.1. The summed E-state index contributed by atoms with van der Waals surface area (Å²) in [5, 5.41) is 9.55. The molecule has 1 saturated carbocycles. The molecule has 0 saturated heterocycles. The van der Waals surface area contributed by atoms with Crippen LogP contribution < -0.4 is 5.73 Å². The quantitative estimate of drug-likeness (QED) is 0.773. The van der Waals surface area contributed by atoms with E-state index < -0.39 is 0 Å². The second kappa shape index (κ2) is 3.76. The fourth-order valence-electron chi connectivity index (χ4n) is 3.78. The molecule has 0 bridgehead atoms. The van der Waals surface area contributed by atoms with Gasteiger partial charge in [0.25, 0.3) is 0 Å². The molecule has 2 aliphatic carbocycles. The van der Waals surface area contributed by atoms with Gasteiger partial charge in [-0.2, -0.15) is 5.26 Å². The topological polar surface area (TPSA) is 49.8 Å². The van der Waals surface area contributed by atoms with E-state index >= 15 is 0 Å². The Morgan fingerprint density at radius 2 is 1.84 bits per heavy atom. The molecule has 1 spiro atoms. The smallest absolute Gasteiger partial charge is 0.102 e. The molecule has 19 heavy (non-hydrogen) atoms. The lowest BCUT2D eigenvalue weighted by molar-refractivity contribution is 0.268. The van der Waals surface area contributed by atoms with Gasteiger partial charge >= 0.3 is 0 Å². The minimum Gasteiger partial charge on any atom is -0.398 e. The van der Waals surface area contributed by atoms with Gasteiger partial charge in [0, 0.05) is 5.69 Å². The minimum absolute atomic E-state index is 0.0869. The number of anilines is 1. The first kappa shape index (κ1) is 12.5. The fraction of sp³-hybridized carbons (Fsp3) is 0.588. The zero-order valence-electron chi connectivity index (χ0n) is 12.1. The van der Waals surface area contributed by atoms with E-state index in [1.807, 2.05) is 6.07 Å². The molecule has 2 nitrogen and oxygen atoms in total. The van der Waals surface area contributed by atoms with Crippen molar-refractivity contribution in [1.29, 1.82) is 5.26 Å². The molecule has 0 aromatic heterocycles. The maximum atomic E-state index is 9.55. The van der Waals surface area contributed by atoms with Crippen LogP contribution in [0.2, 0.25) is 0 Å². The van der Waals surface area contributed by atoms with Crippen LogP contribution in [0.15, 0.2) is 12.1 Å². The Bertz CT molecular complexity index is 576. The molecule has 1 atom stereocenters. The molecule has 100 valence electrons. The normalized spacial score (nSPS) is 27.1. The molecule has 0 amide bonds. The third-order valence-corrected chi connectivity index (χ3v) is 5.74. The second-order valence-corrected chi connectivity index (χ2v) is 6.92. The standard InChI is InChI=1S/C17H22N2/c1-11(2)16(3)6-7-17(8-9-17)13-4-5-14(19)12(10-18)15(13)16/h4-5,11H,6-9,19H2,1-3H3. The largest absolute Gasteiger partial charge is 0.398 e. The molecule has 0 radical (unpaired) electrons. The van der Waals surface area contributed by atoms with Gasteiger partial charge in [0.05, 0.1) is 5.56 Å². The van der Waals surface area contributed by atoms with E-state index in [0.717, 1.165) is 5.56 Å². The summed E-state index contributed by atoms with van der Waals surface area (Å²) >= 11 is 0. The number of fused-ring (bicyclic) bond motifs is 2. The Labute approximate surface area is 115 Å². The third-order valence-electron chi connectivity index (χ3n) is 5.74. The number of benzene rings is 1. The summed E-state index contributed by atoms with van der Waals surface area (Å²) in [5.74, 6) is 0.524. The van der Waals surface area contributed by atoms with Crippen molar-refractivity contribution >= 4 is 5.69 Å². The molecule has 0 aliphatic heterocycles. The molecule has 2 aliphatic rings. The van der Waals surface area contributed by atoms with E-state index in [2.05, 4.69) is 32.9 Å². The third kappa shape index (κ3) is 1.54. The molecule has 3 rings (SSSR count). The highest BCUT2D eigenvalue weighted by molar-refractivity contribution is 5.65. The Morgan fingerprint density at radius 3 is 2.37 bits per heavy atom. The highest BCUT2D eigenvalue weighted by atomic mass is 14.6. The van der Waals surface area contributed by atoms with Gasteiger partial charge in [-0.25, -0.2) is 0 Å². The highest BCUT2D eigenvalue weighted by Crippen LogP contribution is 2.61. The summed E-state index contributed by atoms with van der Waals surface area (Å²) in [5.41, 5.74) is 10.6. The average molecular weight is 254 g/mol. The maximum absolute atomic E-state index is 9.55. The van der Waals surface area contributed by atoms with Crippen LogP contribution >= 0.6 is 0 Å². The van der Waals surface area contributed by atoms with Crippen LogP contribution in [0.5, 0.6) is 0 Å². The molecule has 0 heterocycles. The van der Waals surface area contributed by atoms with Crippen molar-refractivity contribution in [2.24, 2.45) is 5.92 Å². The predicted octanol–water partition coefficient (Wildman–Crippen LogP) is 3.88. The van der Waals surface area contributed by atoms with E-state index in [-0.39, 0.29) is 5.41 Å². The summed E-state index contributed by atoms with van der Waals surface area (Å²) in [6.07, 6.45) is 5.01. The monoisotopic (exact) mass is 254 g/mol. The minimum atomic E-state index is 0.0869. The fourth-order valence-corrected chi connectivity index (χ4v) is 3.78. The molecule has 2 N–H and O–H groups in total. The summed E-state index contributed by atoms with van der Waals surface area (Å²) in [7, 11) is 0. The van der Waals surface area contributed by atoms with Crippen molar-refractivity contribution in [3.63, 3.8) is 0 Å². The number of nitrogens with two attached hydrogens (primary N) is 1. The van der Waals surface area contributed by atoms with Crippen molar-refractivity contribution in [2.75, 3.05) is 5.73 Å². The molecule has 1 aromatic rings. The van der Waals surface area contributed by atoms with Gasteiger partial charge in [-0.3, -0.25) is 0 Å². The number of nitriles is 1. The van der Waals surface area contributed by atoms with E-state index in [9.17, 15) is 5.26 Å². The van der Waals surface area contributed by atoms with Crippen molar-refractivity contribution in [3.05, 3.63) is 28.8 Å². The lowest BCUT2D eigenvalue weighted by Gasteiger charge is -2.43. The molecule has 1 unspecified atom stereocenters. The molecule has 2 heteroatoms. The van der Waals surface area contributed by atoms with Gasteiger partial charge in [0.2, 0.25) is 0 Å². The van der Waals surface area contributed by atoms with Crippen molar-refractivity contribution in [3.8, 4) is 6.07 Å². The molecular formula is C17H22N2. The van der Waals surface area contributed by atoms with Gasteiger partial charge in [-0.05, 0) is 59.6 Å². The molecule has 1 aromatic carbocycles. The first-order valence-electron chi connectivity index (χ1n) is 7.28. The van der Waals surface area contributed by atoms with Crippen LogP contribution in [0.1, 0.15) is 63.1 Å². The van der Waals surface area contributed by atoms with Gasteiger partial charge in [-0.15, -0.1) is 0 Å². The molecular weight excluding hydrogens is 232 g/mol. The first-order valence-corrected chi connectivity index (χ1v) is 7.28. The highest BCUT2D eigenvalue weighted by Gasteiger charge is 2.53. The van der Waals surface area contributed by atoms with Crippen LogP contribution in [0.3, 0.4) is 0 Å². The van der Waals surface area contributed by atoms with Crippen LogP contribution in [0, 0.1) is 17.2 Å². The van der Waals surface area contributed by atoms with Gasteiger partial charge in [-0.1, -0.05) is 26.8 Å². The lowest BCUT2D eigenvalue weighted by atomic mass is 9.60. The van der Waals surface area contributed by atoms with Crippen LogP contribution in [-0.4, -0.2) is 0 Å². The van der Waals surface area contributed by atoms with Gasteiger partial charge in [0.1, 0.15) is 6.07 Å². The Morgan fingerprint density at radius 1 is 1.21 bits per heavy atom. The summed E-state index contributed by atoms with van der Waals surface area (Å²) in [6, 6.07) is 6.50. The Balaban J connectivity index is 2.31. The number of hydrogen-bond acceptors (Lipinski definition) is 2. The Kier molecular flexibility index (Phi) is 2.48. The summed E-state index contributed by atoms with van der Waals surface area (Å²) < 4.78 is 0. The zero-order chi connectivity index (χ0) is 13.8. The van der Waals surface area contributed by atoms with E-state index in [4.69, 9.17) is 5.73 Å². The summed E-state index contributed by atoms with van der Waals surface area (Å²) in [6.45, 7) is 6.84. The van der Waals surface area contributed by atoms with E-state index in [0.29, 0.717) is 17.0 Å². The number of rotatable bonds is 1. The summed E-state index contributed by atoms with van der Waals surface area (Å²) in [4.78, 5) is 0. The predicted molar refractivity (Wildman–Crippen MR) is 77.9 cm³/mol. The van der Waals surface area contributed by atoms with Crippen LogP contribution in [0.25, 0.3) is 0 Å². The van der Waals surface area contributed by atoms with Crippen LogP contribution in [-0.2, 0) is 10.8 Å². The molecule has 1 fully saturated rings. The second-order valence-electron chi connectivity index (χ2n) is 6.92. The van der Waals surface area contributed by atoms with E-state index in [1.54, 1.807) is 0 Å². The number of hydrogen-bond donors (Lipinski definition) is 1. The average Bonchev–Trinajstić information content (AvgIpc) is 3.15. The SMILES string of the molecule is CC(C)C1(C)CCC2(CC2)c2ccc(N)c(C#N)c21. The van der Waals surface area contributed by atoms with Gasteiger partial charge < -0.3 is 5.73 Å². The van der Waals surface area contributed by atoms with Crippen molar-refractivity contribution in [1.82, 2.24) is 0 Å². The Hall–Kier alpha value is -1.49.